The first-order chi connectivity index (χ1) is 14.2. The lowest BCUT2D eigenvalue weighted by Crippen LogP contribution is -2.14. The van der Waals surface area contributed by atoms with Crippen molar-refractivity contribution in [3.63, 3.8) is 0 Å². The fraction of sp³-hybridized carbons (Fsp3) is 0.273. The number of anilines is 1. The number of nitrogens with one attached hydrogen (secondary N) is 1. The molecule has 0 saturated carbocycles. The molecule has 0 unspecified atom stereocenters. The van der Waals surface area contributed by atoms with E-state index in [1.165, 1.54) is 36.5 Å². The molecule has 29 heavy (non-hydrogen) atoms. The highest BCUT2D eigenvalue weighted by atomic mass is 32.2. The van der Waals surface area contributed by atoms with Crippen molar-refractivity contribution in [2.24, 2.45) is 0 Å². The van der Waals surface area contributed by atoms with E-state index < -0.39 is 0 Å². The molecule has 1 aromatic carbocycles. The van der Waals surface area contributed by atoms with E-state index in [1.54, 1.807) is 0 Å². The van der Waals surface area contributed by atoms with Gasteiger partial charge in [-0.05, 0) is 61.9 Å². The Bertz CT molecular complexity index is 1230. The standard InChI is InChI=1S/C22H20N4O2S/c1-13-5-4-7-15(9-13)25-18(27)11-29-22-20-19(23-12-24-22)16-10-14-6-2-3-8-17(14)26-21(16)28-20/h4-5,7,9-10,12H,2-3,6,8,11H2,1H3,(H,25,27). The lowest BCUT2D eigenvalue weighted by atomic mass is 9.95. The SMILES string of the molecule is Cc1cccc(NC(=O)CSc2ncnc3c2oc2nc4c(cc23)CCCC4)c1. The molecule has 3 aromatic heterocycles. The lowest BCUT2D eigenvalue weighted by Gasteiger charge is -2.13. The zero-order chi connectivity index (χ0) is 19.8. The largest absolute Gasteiger partial charge is 0.433 e. The molecule has 7 heteroatoms. The van der Waals surface area contributed by atoms with Crippen molar-refractivity contribution in [2.45, 2.75) is 37.6 Å². The summed E-state index contributed by atoms with van der Waals surface area (Å²) < 4.78 is 6.03. The van der Waals surface area contributed by atoms with Crippen LogP contribution in [-0.4, -0.2) is 26.6 Å². The summed E-state index contributed by atoms with van der Waals surface area (Å²) in [5.74, 6) is 0.151. The van der Waals surface area contributed by atoms with E-state index in [2.05, 4.69) is 21.4 Å². The van der Waals surface area contributed by atoms with Crippen molar-refractivity contribution in [2.75, 3.05) is 11.1 Å². The van der Waals surface area contributed by atoms with Crippen molar-refractivity contribution in [1.82, 2.24) is 15.0 Å². The van der Waals surface area contributed by atoms with E-state index in [0.29, 0.717) is 16.3 Å². The van der Waals surface area contributed by atoms with Gasteiger partial charge in [0.2, 0.25) is 11.6 Å². The van der Waals surface area contributed by atoms with E-state index >= 15 is 0 Å². The first-order valence-electron chi connectivity index (χ1n) is 9.73. The molecule has 0 spiro atoms. The van der Waals surface area contributed by atoms with Crippen LogP contribution in [-0.2, 0) is 17.6 Å². The predicted octanol–water partition coefficient (Wildman–Crippen LogP) is 4.69. The van der Waals surface area contributed by atoms with E-state index in [1.807, 2.05) is 31.2 Å². The predicted molar refractivity (Wildman–Crippen MR) is 114 cm³/mol. The molecule has 0 aliphatic heterocycles. The monoisotopic (exact) mass is 404 g/mol. The fourth-order valence-corrected chi connectivity index (χ4v) is 4.49. The second kappa shape index (κ2) is 7.48. The minimum Gasteiger partial charge on any atom is -0.433 e. The number of pyridine rings is 1. The van der Waals surface area contributed by atoms with Crippen molar-refractivity contribution in [3.05, 3.63) is 53.5 Å². The van der Waals surface area contributed by atoms with E-state index in [-0.39, 0.29) is 11.7 Å². The number of hydrogen-bond acceptors (Lipinski definition) is 6. The summed E-state index contributed by atoms with van der Waals surface area (Å²) >= 11 is 1.34. The number of thioether (sulfide) groups is 1. The number of carbonyl (C=O) groups excluding carboxylic acids is 1. The maximum atomic E-state index is 12.4. The topological polar surface area (TPSA) is 80.9 Å². The number of aryl methyl sites for hydroxylation is 3. The Kier molecular flexibility index (Phi) is 4.67. The zero-order valence-corrected chi connectivity index (χ0v) is 16.9. The van der Waals surface area contributed by atoms with Gasteiger partial charge in [-0.25, -0.2) is 15.0 Å². The molecule has 1 amide bonds. The molecule has 1 aliphatic carbocycles. The summed E-state index contributed by atoms with van der Waals surface area (Å²) in [6.45, 7) is 2.00. The summed E-state index contributed by atoms with van der Waals surface area (Å²) in [5.41, 5.74) is 6.28. The number of benzene rings is 1. The van der Waals surface area contributed by atoms with Gasteiger partial charge in [-0.1, -0.05) is 23.9 Å². The van der Waals surface area contributed by atoms with Gasteiger partial charge in [0.1, 0.15) is 16.9 Å². The van der Waals surface area contributed by atoms with Crippen LogP contribution < -0.4 is 5.32 Å². The fourth-order valence-electron chi connectivity index (χ4n) is 3.76. The molecule has 0 fully saturated rings. The van der Waals surface area contributed by atoms with Crippen LogP contribution in [0.25, 0.3) is 22.2 Å². The van der Waals surface area contributed by atoms with Crippen molar-refractivity contribution >= 4 is 45.6 Å². The summed E-state index contributed by atoms with van der Waals surface area (Å²) in [7, 11) is 0. The Morgan fingerprint density at radius 1 is 1.21 bits per heavy atom. The Morgan fingerprint density at radius 2 is 2.10 bits per heavy atom. The molecule has 0 atom stereocenters. The molecule has 4 aromatic rings. The van der Waals surface area contributed by atoms with Gasteiger partial charge in [-0.15, -0.1) is 0 Å². The van der Waals surface area contributed by atoms with E-state index in [0.717, 1.165) is 40.7 Å². The Balaban J connectivity index is 1.40. The van der Waals surface area contributed by atoms with Crippen molar-refractivity contribution in [3.8, 4) is 0 Å². The molecular weight excluding hydrogens is 384 g/mol. The Hall–Kier alpha value is -2.93. The van der Waals surface area contributed by atoms with Crippen LogP contribution in [0.3, 0.4) is 0 Å². The van der Waals surface area contributed by atoms with Gasteiger partial charge in [-0.3, -0.25) is 4.79 Å². The van der Waals surface area contributed by atoms with Crippen LogP contribution in [0.5, 0.6) is 0 Å². The highest BCUT2D eigenvalue weighted by Gasteiger charge is 2.19. The number of nitrogens with zero attached hydrogens (tertiary/aromatic N) is 3. The van der Waals surface area contributed by atoms with Crippen LogP contribution in [0.2, 0.25) is 0 Å². The Morgan fingerprint density at radius 3 is 3.00 bits per heavy atom. The Labute approximate surface area is 172 Å². The van der Waals surface area contributed by atoms with Gasteiger partial charge in [-0.2, -0.15) is 0 Å². The lowest BCUT2D eigenvalue weighted by molar-refractivity contribution is -0.113. The molecule has 0 saturated heterocycles. The first-order valence-corrected chi connectivity index (χ1v) is 10.7. The van der Waals surface area contributed by atoms with Crippen LogP contribution >= 0.6 is 11.8 Å². The van der Waals surface area contributed by atoms with E-state index in [9.17, 15) is 4.79 Å². The van der Waals surface area contributed by atoms with Crippen LogP contribution in [0.4, 0.5) is 5.69 Å². The number of amides is 1. The third-order valence-corrected chi connectivity index (χ3v) is 6.10. The maximum absolute atomic E-state index is 12.4. The maximum Gasteiger partial charge on any atom is 0.234 e. The van der Waals surface area contributed by atoms with Crippen LogP contribution in [0.1, 0.15) is 29.7 Å². The highest BCUT2D eigenvalue weighted by molar-refractivity contribution is 8.00. The summed E-state index contributed by atoms with van der Waals surface area (Å²) in [6, 6.07) is 9.90. The smallest absolute Gasteiger partial charge is 0.234 e. The van der Waals surface area contributed by atoms with Gasteiger partial charge in [0.05, 0.1) is 11.1 Å². The third-order valence-electron chi connectivity index (χ3n) is 5.13. The van der Waals surface area contributed by atoms with Crippen molar-refractivity contribution < 1.29 is 9.21 Å². The number of fused-ring (bicyclic) bond motifs is 4. The molecule has 0 bridgehead atoms. The first kappa shape index (κ1) is 18.1. The highest BCUT2D eigenvalue weighted by Crippen LogP contribution is 2.34. The summed E-state index contributed by atoms with van der Waals surface area (Å²) in [4.78, 5) is 25.9. The van der Waals surface area contributed by atoms with Gasteiger partial charge in [0.15, 0.2) is 5.58 Å². The molecule has 146 valence electrons. The molecule has 5 rings (SSSR count). The van der Waals surface area contributed by atoms with E-state index in [4.69, 9.17) is 9.40 Å². The molecule has 1 aliphatic rings. The molecule has 0 radical (unpaired) electrons. The summed E-state index contributed by atoms with van der Waals surface area (Å²) in [6.07, 6.45) is 5.94. The molecular formula is C22H20N4O2S. The molecule has 1 N–H and O–H groups in total. The third kappa shape index (κ3) is 3.58. The van der Waals surface area contributed by atoms with Crippen LogP contribution in [0.15, 0.2) is 46.1 Å². The average molecular weight is 404 g/mol. The van der Waals surface area contributed by atoms with Gasteiger partial charge >= 0.3 is 0 Å². The normalized spacial score (nSPS) is 13.6. The summed E-state index contributed by atoms with van der Waals surface area (Å²) in [5, 5.41) is 4.50. The number of carbonyl (C=O) groups is 1. The number of furan rings is 1. The van der Waals surface area contributed by atoms with Crippen LogP contribution in [0, 0.1) is 6.92 Å². The van der Waals surface area contributed by atoms with Gasteiger partial charge in [0.25, 0.3) is 0 Å². The van der Waals surface area contributed by atoms with Crippen molar-refractivity contribution in [1.29, 1.82) is 0 Å². The minimum atomic E-state index is -0.0861. The van der Waals surface area contributed by atoms with Gasteiger partial charge < -0.3 is 9.73 Å². The molecule has 6 nitrogen and oxygen atoms in total. The molecule has 3 heterocycles. The minimum absolute atomic E-state index is 0.0861. The number of hydrogen-bond donors (Lipinski definition) is 1. The zero-order valence-electron chi connectivity index (χ0n) is 16.1. The second-order valence-electron chi connectivity index (χ2n) is 7.32. The number of aromatic nitrogens is 3. The quantitative estimate of drug-likeness (QED) is 0.393. The number of rotatable bonds is 4. The second-order valence-corrected chi connectivity index (χ2v) is 8.28. The van der Waals surface area contributed by atoms with Gasteiger partial charge in [0, 0.05) is 11.4 Å². The average Bonchev–Trinajstić information content (AvgIpc) is 3.08.